The second kappa shape index (κ2) is 8.29. The van der Waals surface area contributed by atoms with E-state index in [1.165, 1.54) is 37.4 Å². The van der Waals surface area contributed by atoms with Gasteiger partial charge >= 0.3 is 0 Å². The van der Waals surface area contributed by atoms with Gasteiger partial charge in [0.2, 0.25) is 5.91 Å². The number of carbonyl (C=O) groups excluding carboxylic acids is 1. The minimum atomic E-state index is -2.59. The smallest absolute Gasteiger partial charge is 0.263 e. The zero-order chi connectivity index (χ0) is 22.1. The number of methoxy groups -OCH3 is 1. The first-order chi connectivity index (χ1) is 14.9. The van der Waals surface area contributed by atoms with Crippen LogP contribution in [0.3, 0.4) is 0 Å². The summed E-state index contributed by atoms with van der Waals surface area (Å²) in [6, 6.07) is 8.02. The molecule has 1 amide bonds. The minimum Gasteiger partial charge on any atom is -0.497 e. The van der Waals surface area contributed by atoms with Gasteiger partial charge in [-0.05, 0) is 0 Å². The number of alkyl halides is 2. The average Bonchev–Trinajstić information content (AvgIpc) is 3.36. The third kappa shape index (κ3) is 4.05. The van der Waals surface area contributed by atoms with Gasteiger partial charge in [-0.2, -0.15) is 0 Å². The van der Waals surface area contributed by atoms with Crippen molar-refractivity contribution < 1.29 is 31.6 Å². The molecule has 0 saturated carbocycles. The summed E-state index contributed by atoms with van der Waals surface area (Å²) in [5, 5.41) is 9.25. The van der Waals surface area contributed by atoms with E-state index in [1.54, 1.807) is 0 Å². The summed E-state index contributed by atoms with van der Waals surface area (Å²) in [5.74, 6) is -2.49. The summed E-state index contributed by atoms with van der Waals surface area (Å²) in [6.45, 7) is 0.0243. The standard InChI is InChI=1S/C21H17F4N3O3/c1-30-12-6-14(22)18(15(23)7-12)13-9-26-21(29)19(13)27-17-8-16(31-28-17)10-2-4-11(5-3-10)20(24)25/h2-8,13,19-20H,9H2,1H3,(H,26,29)(H,27,28). The van der Waals surface area contributed by atoms with Crippen molar-refractivity contribution in [3.05, 3.63) is 65.2 Å². The van der Waals surface area contributed by atoms with E-state index in [0.29, 0.717) is 5.56 Å². The molecule has 1 aliphatic heterocycles. The van der Waals surface area contributed by atoms with Gasteiger partial charge in [0.05, 0.1) is 7.11 Å². The normalized spacial score (nSPS) is 18.3. The first-order valence-electron chi connectivity index (χ1n) is 9.29. The monoisotopic (exact) mass is 435 g/mol. The molecule has 0 bridgehead atoms. The van der Waals surface area contributed by atoms with Gasteiger partial charge in [-0.15, -0.1) is 0 Å². The van der Waals surface area contributed by atoms with E-state index in [1.807, 2.05) is 0 Å². The Morgan fingerprint density at radius 2 is 1.84 bits per heavy atom. The van der Waals surface area contributed by atoms with Crippen molar-refractivity contribution in [3.8, 4) is 17.1 Å². The van der Waals surface area contributed by atoms with E-state index in [2.05, 4.69) is 15.8 Å². The van der Waals surface area contributed by atoms with Gasteiger partial charge in [0.15, 0.2) is 11.6 Å². The first kappa shape index (κ1) is 20.7. The molecule has 31 heavy (non-hydrogen) atoms. The lowest BCUT2D eigenvalue weighted by atomic mass is 9.92. The van der Waals surface area contributed by atoms with E-state index in [-0.39, 0.29) is 35.0 Å². The summed E-state index contributed by atoms with van der Waals surface area (Å²) >= 11 is 0. The maximum absolute atomic E-state index is 14.5. The summed E-state index contributed by atoms with van der Waals surface area (Å²) in [6.07, 6.45) is -2.59. The van der Waals surface area contributed by atoms with E-state index in [0.717, 1.165) is 12.1 Å². The Morgan fingerprint density at radius 1 is 1.16 bits per heavy atom. The lowest BCUT2D eigenvalue weighted by molar-refractivity contribution is -0.119. The number of amides is 1. The van der Waals surface area contributed by atoms with Crippen LogP contribution in [0.15, 0.2) is 47.0 Å². The quantitative estimate of drug-likeness (QED) is 0.566. The number of carbonyl (C=O) groups is 1. The van der Waals surface area contributed by atoms with E-state index in [4.69, 9.17) is 9.26 Å². The highest BCUT2D eigenvalue weighted by atomic mass is 19.3. The Hall–Kier alpha value is -3.56. The van der Waals surface area contributed by atoms with Crippen molar-refractivity contribution in [1.82, 2.24) is 10.5 Å². The third-order valence-electron chi connectivity index (χ3n) is 5.10. The Balaban J connectivity index is 1.57. The van der Waals surface area contributed by atoms with Crippen LogP contribution in [0.2, 0.25) is 0 Å². The van der Waals surface area contributed by atoms with Crippen molar-refractivity contribution in [2.75, 3.05) is 19.0 Å². The first-order valence-corrected chi connectivity index (χ1v) is 9.29. The molecule has 2 heterocycles. The molecule has 2 unspecified atom stereocenters. The van der Waals surface area contributed by atoms with E-state index >= 15 is 0 Å². The fourth-order valence-electron chi connectivity index (χ4n) is 3.52. The molecule has 1 aliphatic rings. The van der Waals surface area contributed by atoms with Crippen molar-refractivity contribution in [3.63, 3.8) is 0 Å². The molecule has 1 saturated heterocycles. The molecule has 4 rings (SSSR count). The lowest BCUT2D eigenvalue weighted by Gasteiger charge is -2.19. The van der Waals surface area contributed by atoms with Crippen molar-refractivity contribution in [2.24, 2.45) is 0 Å². The Morgan fingerprint density at radius 3 is 2.45 bits per heavy atom. The molecule has 0 spiro atoms. The predicted octanol–water partition coefficient (Wildman–Crippen LogP) is 4.26. The van der Waals surface area contributed by atoms with Crippen LogP contribution >= 0.6 is 0 Å². The van der Waals surface area contributed by atoms with Crippen molar-refractivity contribution in [1.29, 1.82) is 0 Å². The van der Waals surface area contributed by atoms with Crippen LogP contribution in [0, 0.1) is 11.6 Å². The van der Waals surface area contributed by atoms with Gasteiger partial charge < -0.3 is 19.9 Å². The molecule has 3 aromatic rings. The molecule has 1 fully saturated rings. The molecule has 2 N–H and O–H groups in total. The molecule has 2 aromatic carbocycles. The summed E-state index contributed by atoms with van der Waals surface area (Å²) in [7, 11) is 1.29. The number of nitrogens with one attached hydrogen (secondary N) is 2. The number of rotatable bonds is 6. The average molecular weight is 435 g/mol. The SMILES string of the molecule is COc1cc(F)c(C2CNC(=O)C2Nc2cc(-c3ccc(C(F)F)cc3)on2)c(F)c1. The number of anilines is 1. The summed E-state index contributed by atoms with van der Waals surface area (Å²) in [5.41, 5.74) is 0.128. The predicted molar refractivity (Wildman–Crippen MR) is 103 cm³/mol. The maximum atomic E-state index is 14.5. The van der Waals surface area contributed by atoms with Gasteiger partial charge in [0.1, 0.15) is 23.4 Å². The molecule has 6 nitrogen and oxygen atoms in total. The van der Waals surface area contributed by atoms with Crippen LogP contribution in [-0.4, -0.2) is 30.8 Å². The third-order valence-corrected chi connectivity index (χ3v) is 5.10. The van der Waals surface area contributed by atoms with Gasteiger partial charge in [0, 0.05) is 47.4 Å². The molecular formula is C21H17F4N3O3. The maximum Gasteiger partial charge on any atom is 0.263 e. The molecule has 0 aliphatic carbocycles. The Labute approximate surface area is 174 Å². The van der Waals surface area contributed by atoms with E-state index in [9.17, 15) is 22.4 Å². The number of aromatic nitrogens is 1. The molecule has 10 heteroatoms. The molecular weight excluding hydrogens is 418 g/mol. The number of halogens is 4. The summed E-state index contributed by atoms with van der Waals surface area (Å²) < 4.78 is 64.5. The van der Waals surface area contributed by atoms with Crippen LogP contribution < -0.4 is 15.4 Å². The van der Waals surface area contributed by atoms with Crippen LogP contribution in [-0.2, 0) is 4.79 Å². The number of hydrogen-bond donors (Lipinski definition) is 2. The van der Waals surface area contributed by atoms with Crippen molar-refractivity contribution >= 4 is 11.7 Å². The summed E-state index contributed by atoms with van der Waals surface area (Å²) in [4.78, 5) is 12.3. The van der Waals surface area contributed by atoms with Crippen LogP contribution in [0.1, 0.15) is 23.5 Å². The highest BCUT2D eigenvalue weighted by Crippen LogP contribution is 2.33. The highest BCUT2D eigenvalue weighted by molar-refractivity contribution is 5.88. The van der Waals surface area contributed by atoms with Gasteiger partial charge in [-0.1, -0.05) is 29.4 Å². The van der Waals surface area contributed by atoms with Gasteiger partial charge in [-0.25, -0.2) is 17.6 Å². The van der Waals surface area contributed by atoms with Crippen LogP contribution in [0.25, 0.3) is 11.3 Å². The Kier molecular flexibility index (Phi) is 5.53. The van der Waals surface area contributed by atoms with Gasteiger partial charge in [0.25, 0.3) is 6.43 Å². The second-order valence-electron chi connectivity index (χ2n) is 6.98. The van der Waals surface area contributed by atoms with Crippen molar-refractivity contribution in [2.45, 2.75) is 18.4 Å². The number of ether oxygens (including phenoxy) is 1. The fourth-order valence-corrected chi connectivity index (χ4v) is 3.52. The lowest BCUT2D eigenvalue weighted by Crippen LogP contribution is -2.33. The molecule has 162 valence electrons. The Bertz CT molecular complexity index is 1080. The molecule has 2 atom stereocenters. The van der Waals surface area contributed by atoms with Crippen LogP contribution in [0.5, 0.6) is 5.75 Å². The largest absolute Gasteiger partial charge is 0.497 e. The number of nitrogens with zero attached hydrogens (tertiary/aromatic N) is 1. The molecule has 0 radical (unpaired) electrons. The number of benzene rings is 2. The van der Waals surface area contributed by atoms with E-state index < -0.39 is 35.9 Å². The molecule has 1 aromatic heterocycles. The van der Waals surface area contributed by atoms with Gasteiger partial charge in [-0.3, -0.25) is 4.79 Å². The van der Waals surface area contributed by atoms with Crippen LogP contribution in [0.4, 0.5) is 23.4 Å². The topological polar surface area (TPSA) is 76.4 Å². The zero-order valence-electron chi connectivity index (χ0n) is 16.2. The zero-order valence-corrected chi connectivity index (χ0v) is 16.2. The highest BCUT2D eigenvalue weighted by Gasteiger charge is 2.39. The minimum absolute atomic E-state index is 0.0243. The second-order valence-corrected chi connectivity index (χ2v) is 6.98. The number of hydrogen-bond acceptors (Lipinski definition) is 5. The fraction of sp³-hybridized carbons (Fsp3) is 0.238.